The minimum Gasteiger partial charge on any atom is -0.478 e. The smallest absolute Gasteiger partial charge is 0.478 e. The lowest BCUT2D eigenvalue weighted by Crippen LogP contribution is -2.21. The van der Waals surface area contributed by atoms with E-state index < -0.39 is 18.1 Å². The van der Waals surface area contributed by atoms with Crippen LogP contribution >= 0.6 is 0 Å². The van der Waals surface area contributed by atoms with E-state index in [0.717, 1.165) is 35.1 Å². The van der Waals surface area contributed by atoms with E-state index in [1.165, 1.54) is 0 Å². The van der Waals surface area contributed by atoms with Crippen molar-refractivity contribution < 1.29 is 33.0 Å². The first-order valence-electron chi connectivity index (χ1n) is 8.13. The summed E-state index contributed by atoms with van der Waals surface area (Å²) in [5, 5.41) is 15.7. The van der Waals surface area contributed by atoms with E-state index in [0.29, 0.717) is 0 Å². The minimum atomic E-state index is -5.08. The summed E-state index contributed by atoms with van der Waals surface area (Å²) in [4.78, 5) is 27.1. The van der Waals surface area contributed by atoms with Crippen LogP contribution in [-0.2, 0) is 21.4 Å². The van der Waals surface area contributed by atoms with Gasteiger partial charge < -0.3 is 15.2 Å². The summed E-state index contributed by atoms with van der Waals surface area (Å²) in [7, 11) is 0. The molecule has 0 aliphatic carbocycles. The van der Waals surface area contributed by atoms with Gasteiger partial charge in [-0.25, -0.2) is 14.6 Å². The highest BCUT2D eigenvalue weighted by Gasteiger charge is 2.38. The molecule has 0 unspecified atom stereocenters. The molecule has 1 aromatic heterocycles. The molecule has 3 N–H and O–H groups in total. The van der Waals surface area contributed by atoms with Crippen LogP contribution in [0.15, 0.2) is 36.5 Å². The molecule has 0 bridgehead atoms. The van der Waals surface area contributed by atoms with E-state index in [-0.39, 0.29) is 5.41 Å². The highest BCUT2D eigenvalue weighted by molar-refractivity contribution is 5.85. The lowest BCUT2D eigenvalue weighted by Gasteiger charge is -2.15. The maximum Gasteiger partial charge on any atom is 0.490 e. The topological polar surface area (TPSA) is 103 Å². The van der Waals surface area contributed by atoms with E-state index in [1.807, 2.05) is 30.5 Å². The van der Waals surface area contributed by atoms with Crippen molar-refractivity contribution in [2.45, 2.75) is 38.8 Å². The molecule has 0 aliphatic heterocycles. The molecule has 0 atom stereocenters. The number of imidazole rings is 1. The number of halogens is 3. The Bertz CT molecular complexity index is 832. The second-order valence-corrected chi connectivity index (χ2v) is 6.89. The molecule has 28 heavy (non-hydrogen) atoms. The highest BCUT2D eigenvalue weighted by atomic mass is 19.4. The Labute approximate surface area is 159 Å². The number of benzene rings is 1. The van der Waals surface area contributed by atoms with E-state index >= 15 is 0 Å². The van der Waals surface area contributed by atoms with Gasteiger partial charge in [-0.3, -0.25) is 0 Å². The van der Waals surface area contributed by atoms with Crippen molar-refractivity contribution in [2.75, 3.05) is 0 Å². The van der Waals surface area contributed by atoms with Crippen LogP contribution in [0.1, 0.15) is 43.4 Å². The molecule has 0 amide bonds. The van der Waals surface area contributed by atoms with Crippen LogP contribution in [0.25, 0.3) is 6.08 Å². The molecular weight excluding hydrogens is 377 g/mol. The normalized spacial score (nSPS) is 11.8. The van der Waals surface area contributed by atoms with Gasteiger partial charge in [-0.05, 0) is 17.2 Å². The van der Waals surface area contributed by atoms with Crippen molar-refractivity contribution >= 4 is 18.0 Å². The van der Waals surface area contributed by atoms with Crippen LogP contribution in [0.3, 0.4) is 0 Å². The summed E-state index contributed by atoms with van der Waals surface area (Å²) in [6, 6.07) is 7.78. The number of carboxylic acid groups (broad SMARTS) is 2. The summed E-state index contributed by atoms with van der Waals surface area (Å²) in [6.45, 7) is 6.44. The van der Waals surface area contributed by atoms with Crippen molar-refractivity contribution in [3.05, 3.63) is 59.2 Å². The fraction of sp³-hybridized carbons (Fsp3) is 0.316. The molecule has 0 radical (unpaired) electrons. The molecule has 0 saturated carbocycles. The number of aromatic amines is 1. The molecule has 6 nitrogen and oxygen atoms in total. The summed E-state index contributed by atoms with van der Waals surface area (Å²) in [5.74, 6) is -2.76. The Balaban J connectivity index is 0.000000480. The average Bonchev–Trinajstić information content (AvgIpc) is 3.02. The molecule has 1 heterocycles. The molecule has 0 aliphatic rings. The fourth-order valence-electron chi connectivity index (χ4n) is 1.94. The Morgan fingerprint density at radius 2 is 1.64 bits per heavy atom. The van der Waals surface area contributed by atoms with Crippen LogP contribution in [-0.4, -0.2) is 38.3 Å². The third-order valence-corrected chi connectivity index (χ3v) is 3.45. The monoisotopic (exact) mass is 398 g/mol. The van der Waals surface area contributed by atoms with Crippen LogP contribution in [0.4, 0.5) is 13.2 Å². The SMILES string of the molecule is CC(C)(C)c1cnc(Cc2ccc(/C=C/C(=O)O)cc2)[nH]1.O=C(O)C(F)(F)F. The minimum absolute atomic E-state index is 0.0662. The van der Waals surface area contributed by atoms with Crippen molar-refractivity contribution in [3.63, 3.8) is 0 Å². The number of nitrogens with one attached hydrogen (secondary N) is 1. The highest BCUT2D eigenvalue weighted by Crippen LogP contribution is 2.20. The summed E-state index contributed by atoms with van der Waals surface area (Å²) >= 11 is 0. The third kappa shape index (κ3) is 8.07. The number of hydrogen-bond donors (Lipinski definition) is 3. The molecule has 0 saturated heterocycles. The molecular formula is C19H21F3N2O4. The predicted molar refractivity (Wildman–Crippen MR) is 96.9 cm³/mol. The van der Waals surface area contributed by atoms with Crippen molar-refractivity contribution in [1.29, 1.82) is 0 Å². The Hall–Kier alpha value is -3.10. The predicted octanol–water partition coefficient (Wildman–Crippen LogP) is 4.03. The first-order chi connectivity index (χ1) is 12.8. The lowest BCUT2D eigenvalue weighted by atomic mass is 9.93. The van der Waals surface area contributed by atoms with Gasteiger partial charge in [0.1, 0.15) is 5.82 Å². The fourth-order valence-corrected chi connectivity index (χ4v) is 1.94. The summed E-state index contributed by atoms with van der Waals surface area (Å²) in [5.41, 5.74) is 3.20. The van der Waals surface area contributed by atoms with Gasteiger partial charge in [0, 0.05) is 29.8 Å². The van der Waals surface area contributed by atoms with Gasteiger partial charge in [0.2, 0.25) is 0 Å². The van der Waals surface area contributed by atoms with Crippen molar-refractivity contribution in [3.8, 4) is 0 Å². The zero-order valence-corrected chi connectivity index (χ0v) is 15.5. The quantitative estimate of drug-likeness (QED) is 0.675. The van der Waals surface area contributed by atoms with E-state index in [4.69, 9.17) is 15.0 Å². The van der Waals surface area contributed by atoms with Gasteiger partial charge in [0.05, 0.1) is 0 Å². The Kier molecular flexibility index (Phi) is 7.54. The molecule has 1 aromatic carbocycles. The number of aliphatic carboxylic acids is 2. The van der Waals surface area contributed by atoms with Crippen LogP contribution in [0, 0.1) is 0 Å². The van der Waals surface area contributed by atoms with Gasteiger partial charge in [0.25, 0.3) is 0 Å². The maximum atomic E-state index is 10.6. The van der Waals surface area contributed by atoms with E-state index in [1.54, 1.807) is 6.08 Å². The Morgan fingerprint density at radius 3 is 2.04 bits per heavy atom. The van der Waals surface area contributed by atoms with Gasteiger partial charge in [-0.15, -0.1) is 0 Å². The van der Waals surface area contributed by atoms with E-state index in [2.05, 4.69) is 30.7 Å². The van der Waals surface area contributed by atoms with E-state index in [9.17, 15) is 18.0 Å². The van der Waals surface area contributed by atoms with Crippen molar-refractivity contribution in [1.82, 2.24) is 9.97 Å². The van der Waals surface area contributed by atoms with Crippen LogP contribution in [0.2, 0.25) is 0 Å². The van der Waals surface area contributed by atoms with Gasteiger partial charge in [-0.1, -0.05) is 45.0 Å². The Morgan fingerprint density at radius 1 is 1.11 bits per heavy atom. The van der Waals surface area contributed by atoms with Crippen molar-refractivity contribution in [2.24, 2.45) is 0 Å². The molecule has 0 fully saturated rings. The number of aromatic nitrogens is 2. The number of nitrogens with zero attached hydrogens (tertiary/aromatic N) is 1. The zero-order valence-electron chi connectivity index (χ0n) is 15.5. The van der Waals surface area contributed by atoms with Gasteiger partial charge in [-0.2, -0.15) is 13.2 Å². The summed E-state index contributed by atoms with van der Waals surface area (Å²) < 4.78 is 31.7. The number of carbonyl (C=O) groups is 2. The lowest BCUT2D eigenvalue weighted by molar-refractivity contribution is -0.192. The average molecular weight is 398 g/mol. The summed E-state index contributed by atoms with van der Waals surface area (Å²) in [6.07, 6.45) is 0.256. The first kappa shape index (κ1) is 22.9. The third-order valence-electron chi connectivity index (χ3n) is 3.45. The standard InChI is InChI=1S/C17H20N2O2.C2HF3O2/c1-17(2,3)14-11-18-15(19-14)10-13-6-4-12(5-7-13)8-9-16(20)21;3-2(4,5)1(6)7/h4-9,11H,10H2,1-3H3,(H,18,19)(H,20,21);(H,6,7)/b9-8+;. The number of alkyl halides is 3. The molecule has 152 valence electrons. The molecule has 0 spiro atoms. The molecule has 2 aromatic rings. The largest absolute Gasteiger partial charge is 0.490 e. The maximum absolute atomic E-state index is 10.6. The molecule has 2 rings (SSSR count). The molecule has 9 heteroatoms. The van der Waals surface area contributed by atoms with Gasteiger partial charge in [0.15, 0.2) is 0 Å². The number of rotatable bonds is 4. The first-order valence-corrected chi connectivity index (χ1v) is 8.13. The number of hydrogen-bond acceptors (Lipinski definition) is 3. The number of carboxylic acids is 2. The van der Waals surface area contributed by atoms with Crippen LogP contribution < -0.4 is 0 Å². The van der Waals surface area contributed by atoms with Gasteiger partial charge >= 0.3 is 18.1 Å². The number of H-pyrrole nitrogens is 1. The second-order valence-electron chi connectivity index (χ2n) is 6.89. The second kappa shape index (κ2) is 9.20. The van der Waals surface area contributed by atoms with Crippen LogP contribution in [0.5, 0.6) is 0 Å². The zero-order chi connectivity index (χ0) is 21.5.